The predicted molar refractivity (Wildman–Crippen MR) is 92.0 cm³/mol. The molecule has 130 valence electrons. The molecule has 0 spiro atoms. The SMILES string of the molecule is COCC1(C)Oc2ccc(C)cc2C1N1C(=O)CC(C)(C)N=C1N. The minimum atomic E-state index is -0.720. The van der Waals surface area contributed by atoms with Crippen molar-refractivity contribution in [2.75, 3.05) is 13.7 Å². The molecule has 1 aromatic rings. The van der Waals surface area contributed by atoms with Gasteiger partial charge in [0.15, 0.2) is 11.6 Å². The van der Waals surface area contributed by atoms with Crippen molar-refractivity contribution in [2.24, 2.45) is 10.7 Å². The number of nitrogens with zero attached hydrogens (tertiary/aromatic N) is 2. The van der Waals surface area contributed by atoms with Gasteiger partial charge in [-0.15, -0.1) is 0 Å². The number of carbonyl (C=O) groups is 1. The third-order valence-corrected chi connectivity index (χ3v) is 4.59. The molecular weight excluding hydrogens is 306 g/mol. The number of fused-ring (bicyclic) bond motifs is 1. The van der Waals surface area contributed by atoms with E-state index in [9.17, 15) is 4.79 Å². The first-order valence-electron chi connectivity index (χ1n) is 8.13. The molecule has 0 aromatic heterocycles. The van der Waals surface area contributed by atoms with E-state index >= 15 is 0 Å². The summed E-state index contributed by atoms with van der Waals surface area (Å²) in [7, 11) is 1.62. The number of hydrogen-bond acceptors (Lipinski definition) is 5. The van der Waals surface area contributed by atoms with E-state index < -0.39 is 11.1 Å². The van der Waals surface area contributed by atoms with Crippen molar-refractivity contribution in [3.05, 3.63) is 29.3 Å². The van der Waals surface area contributed by atoms with E-state index in [0.717, 1.165) is 16.9 Å². The molecule has 0 aliphatic carbocycles. The number of amides is 1. The molecule has 2 atom stereocenters. The van der Waals surface area contributed by atoms with Gasteiger partial charge in [0.2, 0.25) is 5.91 Å². The monoisotopic (exact) mass is 331 g/mol. The fourth-order valence-electron chi connectivity index (χ4n) is 3.68. The van der Waals surface area contributed by atoms with Crippen LogP contribution in [0.5, 0.6) is 5.75 Å². The Morgan fingerprint density at radius 3 is 2.75 bits per heavy atom. The first kappa shape index (κ1) is 16.8. The van der Waals surface area contributed by atoms with Gasteiger partial charge in [-0.05, 0) is 33.8 Å². The van der Waals surface area contributed by atoms with Crippen molar-refractivity contribution in [2.45, 2.75) is 51.3 Å². The summed E-state index contributed by atoms with van der Waals surface area (Å²) in [6.07, 6.45) is 0.314. The summed E-state index contributed by atoms with van der Waals surface area (Å²) in [5.74, 6) is 0.954. The van der Waals surface area contributed by atoms with Gasteiger partial charge in [-0.2, -0.15) is 0 Å². The largest absolute Gasteiger partial charge is 0.482 e. The van der Waals surface area contributed by atoms with Crippen molar-refractivity contribution in [1.82, 2.24) is 4.90 Å². The number of rotatable bonds is 3. The van der Waals surface area contributed by atoms with Crippen molar-refractivity contribution < 1.29 is 14.3 Å². The maximum absolute atomic E-state index is 12.9. The molecule has 2 N–H and O–H groups in total. The molecule has 2 aliphatic heterocycles. The van der Waals surface area contributed by atoms with Gasteiger partial charge in [0.05, 0.1) is 18.6 Å². The molecule has 6 nitrogen and oxygen atoms in total. The maximum atomic E-state index is 12.9. The predicted octanol–water partition coefficient (Wildman–Crippen LogP) is 2.16. The van der Waals surface area contributed by atoms with Gasteiger partial charge in [0.25, 0.3) is 0 Å². The quantitative estimate of drug-likeness (QED) is 0.921. The van der Waals surface area contributed by atoms with Gasteiger partial charge in [-0.25, -0.2) is 4.99 Å². The van der Waals surface area contributed by atoms with Crippen LogP contribution in [0.4, 0.5) is 0 Å². The number of aryl methyl sites for hydroxylation is 1. The molecule has 0 bridgehead atoms. The molecule has 2 aliphatic rings. The van der Waals surface area contributed by atoms with Crippen LogP contribution >= 0.6 is 0 Å². The molecule has 0 fully saturated rings. The summed E-state index contributed by atoms with van der Waals surface area (Å²) in [5.41, 5.74) is 7.04. The molecule has 24 heavy (non-hydrogen) atoms. The van der Waals surface area contributed by atoms with Crippen LogP contribution in [0.2, 0.25) is 0 Å². The summed E-state index contributed by atoms with van der Waals surface area (Å²) < 4.78 is 11.6. The first-order valence-corrected chi connectivity index (χ1v) is 8.13. The fourth-order valence-corrected chi connectivity index (χ4v) is 3.68. The van der Waals surface area contributed by atoms with Crippen LogP contribution in [0.15, 0.2) is 23.2 Å². The number of methoxy groups -OCH3 is 1. The topological polar surface area (TPSA) is 77.2 Å². The minimum Gasteiger partial charge on any atom is -0.482 e. The van der Waals surface area contributed by atoms with E-state index in [1.807, 2.05) is 45.9 Å². The zero-order chi connectivity index (χ0) is 17.7. The van der Waals surface area contributed by atoms with E-state index in [1.165, 1.54) is 0 Å². The summed E-state index contributed by atoms with van der Waals surface area (Å²) in [6, 6.07) is 5.61. The summed E-state index contributed by atoms with van der Waals surface area (Å²) in [5, 5.41) is 0. The lowest BCUT2D eigenvalue weighted by Crippen LogP contribution is -2.57. The molecule has 1 amide bonds. The molecule has 2 unspecified atom stereocenters. The Morgan fingerprint density at radius 2 is 2.12 bits per heavy atom. The standard InChI is InChI=1S/C18H25N3O3/c1-11-6-7-13-12(8-11)15(18(4,24-13)10-23-5)21-14(22)9-17(2,3)20-16(21)19/h6-8,15H,9-10H2,1-5H3,(H2,19,20). The number of benzene rings is 1. The second kappa shape index (κ2) is 5.48. The van der Waals surface area contributed by atoms with E-state index in [2.05, 4.69) is 4.99 Å². The molecule has 0 saturated heterocycles. The van der Waals surface area contributed by atoms with E-state index in [-0.39, 0.29) is 17.9 Å². The second-order valence-corrected chi connectivity index (χ2v) is 7.51. The van der Waals surface area contributed by atoms with Crippen LogP contribution in [0, 0.1) is 6.92 Å². The number of ether oxygens (including phenoxy) is 2. The second-order valence-electron chi connectivity index (χ2n) is 7.51. The summed E-state index contributed by atoms with van der Waals surface area (Å²) >= 11 is 0. The van der Waals surface area contributed by atoms with Gasteiger partial charge in [0, 0.05) is 12.7 Å². The van der Waals surface area contributed by atoms with E-state index in [4.69, 9.17) is 15.2 Å². The van der Waals surface area contributed by atoms with E-state index in [0.29, 0.717) is 13.0 Å². The van der Waals surface area contributed by atoms with Crippen LogP contribution in [-0.2, 0) is 9.53 Å². The van der Waals surface area contributed by atoms with Gasteiger partial charge >= 0.3 is 0 Å². The average molecular weight is 331 g/mol. The Bertz CT molecular complexity index is 713. The Balaban J connectivity index is 2.12. The highest BCUT2D eigenvalue weighted by molar-refractivity contribution is 5.99. The highest BCUT2D eigenvalue weighted by Crippen LogP contribution is 2.48. The first-order chi connectivity index (χ1) is 11.2. The highest BCUT2D eigenvalue weighted by atomic mass is 16.5. The van der Waals surface area contributed by atoms with Crippen molar-refractivity contribution >= 4 is 11.9 Å². The lowest BCUT2D eigenvalue weighted by molar-refractivity contribution is -0.135. The van der Waals surface area contributed by atoms with Crippen LogP contribution in [-0.4, -0.2) is 41.6 Å². The number of hydrogen-bond donors (Lipinski definition) is 1. The molecule has 0 saturated carbocycles. The van der Waals surface area contributed by atoms with Crippen molar-refractivity contribution in [3.8, 4) is 5.75 Å². The Labute approximate surface area is 142 Å². The van der Waals surface area contributed by atoms with Gasteiger partial charge < -0.3 is 15.2 Å². The summed E-state index contributed by atoms with van der Waals surface area (Å²) in [6.45, 7) is 8.12. The Morgan fingerprint density at radius 1 is 1.42 bits per heavy atom. The van der Waals surface area contributed by atoms with Crippen LogP contribution < -0.4 is 10.5 Å². The molecule has 2 heterocycles. The number of nitrogens with two attached hydrogens (primary N) is 1. The van der Waals surface area contributed by atoms with Gasteiger partial charge in [-0.1, -0.05) is 17.7 Å². The third-order valence-electron chi connectivity index (χ3n) is 4.59. The van der Waals surface area contributed by atoms with Gasteiger partial charge in [0.1, 0.15) is 11.8 Å². The van der Waals surface area contributed by atoms with E-state index in [1.54, 1.807) is 12.0 Å². The number of aliphatic imine (C=N–C) groups is 1. The van der Waals surface area contributed by atoms with Crippen molar-refractivity contribution in [3.63, 3.8) is 0 Å². The van der Waals surface area contributed by atoms with Crippen LogP contribution in [0.25, 0.3) is 0 Å². The minimum absolute atomic E-state index is 0.0437. The third kappa shape index (κ3) is 2.65. The Hall–Kier alpha value is -2.08. The molecular formula is C18H25N3O3. The highest BCUT2D eigenvalue weighted by Gasteiger charge is 2.52. The zero-order valence-corrected chi connectivity index (χ0v) is 14.9. The molecule has 6 heteroatoms. The smallest absolute Gasteiger partial charge is 0.232 e. The molecule has 1 aromatic carbocycles. The summed E-state index contributed by atoms with van der Waals surface area (Å²) in [4.78, 5) is 19.0. The fraction of sp³-hybridized carbons (Fsp3) is 0.556. The lowest BCUT2D eigenvalue weighted by Gasteiger charge is -2.41. The number of carbonyl (C=O) groups excluding carboxylic acids is 1. The number of guanidine groups is 1. The van der Waals surface area contributed by atoms with Crippen LogP contribution in [0.3, 0.4) is 0 Å². The Kier molecular flexibility index (Phi) is 3.83. The van der Waals surface area contributed by atoms with Crippen molar-refractivity contribution in [1.29, 1.82) is 0 Å². The average Bonchev–Trinajstić information content (AvgIpc) is 2.70. The van der Waals surface area contributed by atoms with Crippen LogP contribution in [0.1, 0.15) is 44.4 Å². The zero-order valence-electron chi connectivity index (χ0n) is 14.9. The van der Waals surface area contributed by atoms with Gasteiger partial charge in [-0.3, -0.25) is 9.69 Å². The molecule has 3 rings (SSSR count). The normalized spacial score (nSPS) is 28.4. The molecule has 0 radical (unpaired) electrons. The lowest BCUT2D eigenvalue weighted by atomic mass is 9.89. The maximum Gasteiger partial charge on any atom is 0.232 e.